The van der Waals surface area contributed by atoms with Gasteiger partial charge in [-0.2, -0.15) is 11.8 Å². The summed E-state index contributed by atoms with van der Waals surface area (Å²) in [6.45, 7) is 2.07. The van der Waals surface area contributed by atoms with Gasteiger partial charge >= 0.3 is 0 Å². The first-order valence-electron chi connectivity index (χ1n) is 8.71. The maximum Gasteiger partial charge on any atom is 0.249 e. The molecule has 25 heavy (non-hydrogen) atoms. The highest BCUT2D eigenvalue weighted by molar-refractivity contribution is 7.98. The number of amides is 2. The Hall–Kier alpha value is -1.54. The molecular weight excluding hydrogens is 340 g/mol. The first kappa shape index (κ1) is 18.3. The van der Waals surface area contributed by atoms with Gasteiger partial charge in [-0.15, -0.1) is 0 Å². The van der Waals surface area contributed by atoms with Crippen LogP contribution in [0, 0.1) is 0 Å². The average molecular weight is 366 g/mol. The van der Waals surface area contributed by atoms with Gasteiger partial charge in [0.25, 0.3) is 0 Å². The number of thioether (sulfide) groups is 1. The summed E-state index contributed by atoms with van der Waals surface area (Å²) in [5, 5.41) is 0. The van der Waals surface area contributed by atoms with E-state index in [1.165, 1.54) is 0 Å². The molecular formula is C17H26N4O3S. The third-order valence-corrected chi connectivity index (χ3v) is 5.91. The molecule has 1 spiro atoms. The van der Waals surface area contributed by atoms with Crippen LogP contribution in [0.5, 0.6) is 0 Å². The van der Waals surface area contributed by atoms with Gasteiger partial charge in [0.1, 0.15) is 6.61 Å². The van der Waals surface area contributed by atoms with Gasteiger partial charge in [-0.25, -0.2) is 4.98 Å². The van der Waals surface area contributed by atoms with Gasteiger partial charge in [-0.05, 0) is 19.1 Å². The van der Waals surface area contributed by atoms with Gasteiger partial charge in [0.15, 0.2) is 0 Å². The Morgan fingerprint density at radius 3 is 2.76 bits per heavy atom. The third kappa shape index (κ3) is 3.42. The van der Waals surface area contributed by atoms with E-state index in [-0.39, 0.29) is 18.4 Å². The van der Waals surface area contributed by atoms with E-state index in [1.54, 1.807) is 25.2 Å². The second kappa shape index (κ2) is 7.78. The zero-order chi connectivity index (χ0) is 17.9. The quantitative estimate of drug-likeness (QED) is 0.841. The van der Waals surface area contributed by atoms with Crippen molar-refractivity contribution in [2.75, 3.05) is 45.4 Å². The standard InChI is InChI=1S/C17H26N4O3S/c1-24-11-15(23)21-7-3-13-16(19-12-18-13)17(21)5-8-20(9-6-17)14(22)4-10-25-2/h12H,3-11H2,1-2H3,(H,18,19). The number of fused-ring (bicyclic) bond motifs is 2. The van der Waals surface area contributed by atoms with E-state index in [1.807, 2.05) is 16.1 Å². The van der Waals surface area contributed by atoms with E-state index < -0.39 is 5.54 Å². The molecule has 0 unspecified atom stereocenters. The number of hydrogen-bond acceptors (Lipinski definition) is 5. The lowest BCUT2D eigenvalue weighted by Crippen LogP contribution is -2.59. The minimum absolute atomic E-state index is 0.00157. The molecule has 8 heteroatoms. The number of aromatic amines is 1. The number of piperidine rings is 1. The first-order valence-corrected chi connectivity index (χ1v) is 10.1. The van der Waals surface area contributed by atoms with Crippen molar-refractivity contribution in [3.8, 4) is 0 Å². The van der Waals surface area contributed by atoms with Crippen molar-refractivity contribution in [1.29, 1.82) is 0 Å². The van der Waals surface area contributed by atoms with Crippen molar-refractivity contribution in [2.45, 2.75) is 31.2 Å². The second-order valence-electron chi connectivity index (χ2n) is 6.61. The highest BCUT2D eigenvalue weighted by atomic mass is 32.2. The summed E-state index contributed by atoms with van der Waals surface area (Å²) in [5.41, 5.74) is 1.67. The molecule has 0 atom stereocenters. The summed E-state index contributed by atoms with van der Waals surface area (Å²) < 4.78 is 5.08. The summed E-state index contributed by atoms with van der Waals surface area (Å²) in [6.07, 6.45) is 6.54. The SMILES string of the molecule is COCC(=O)N1CCc2[nH]cnc2C12CCN(C(=O)CCSC)CC2. The highest BCUT2D eigenvalue weighted by Crippen LogP contribution is 2.42. The predicted octanol–water partition coefficient (Wildman–Crippen LogP) is 1.01. The van der Waals surface area contributed by atoms with E-state index in [2.05, 4.69) is 9.97 Å². The Kier molecular flexibility index (Phi) is 5.68. The second-order valence-corrected chi connectivity index (χ2v) is 7.60. The van der Waals surface area contributed by atoms with Crippen LogP contribution in [-0.4, -0.2) is 76.9 Å². The van der Waals surface area contributed by atoms with Crippen LogP contribution in [0.2, 0.25) is 0 Å². The van der Waals surface area contributed by atoms with Crippen LogP contribution in [0.3, 0.4) is 0 Å². The molecule has 3 rings (SSSR count). The number of carbonyl (C=O) groups is 2. The Labute approximate surface area is 152 Å². The Bertz CT molecular complexity index is 625. The number of nitrogens with one attached hydrogen (secondary N) is 1. The molecule has 0 radical (unpaired) electrons. The minimum atomic E-state index is -0.417. The minimum Gasteiger partial charge on any atom is -0.375 e. The molecule has 3 heterocycles. The molecule has 0 saturated carbocycles. The van der Waals surface area contributed by atoms with Crippen LogP contribution in [0.4, 0.5) is 0 Å². The van der Waals surface area contributed by atoms with E-state index in [9.17, 15) is 9.59 Å². The first-order chi connectivity index (χ1) is 12.1. The number of rotatable bonds is 5. The zero-order valence-corrected chi connectivity index (χ0v) is 15.7. The van der Waals surface area contributed by atoms with E-state index in [0.717, 1.165) is 36.4 Å². The van der Waals surface area contributed by atoms with Gasteiger partial charge < -0.3 is 19.5 Å². The maximum atomic E-state index is 12.6. The van der Waals surface area contributed by atoms with Crippen molar-refractivity contribution >= 4 is 23.6 Å². The third-order valence-electron chi connectivity index (χ3n) is 5.29. The highest BCUT2D eigenvalue weighted by Gasteiger charge is 2.48. The number of ether oxygens (including phenoxy) is 1. The molecule has 7 nitrogen and oxygen atoms in total. The molecule has 138 valence electrons. The van der Waals surface area contributed by atoms with Crippen molar-refractivity contribution in [1.82, 2.24) is 19.8 Å². The Morgan fingerprint density at radius 1 is 1.32 bits per heavy atom. The monoisotopic (exact) mass is 366 g/mol. The number of likely N-dealkylation sites (tertiary alicyclic amines) is 1. The topological polar surface area (TPSA) is 78.5 Å². The van der Waals surface area contributed by atoms with Crippen LogP contribution in [0.25, 0.3) is 0 Å². The van der Waals surface area contributed by atoms with Crippen LogP contribution in [0.1, 0.15) is 30.7 Å². The van der Waals surface area contributed by atoms with Crippen molar-refractivity contribution in [2.24, 2.45) is 0 Å². The van der Waals surface area contributed by atoms with E-state index in [0.29, 0.717) is 26.1 Å². The molecule has 1 fully saturated rings. The number of carbonyl (C=O) groups excluding carboxylic acids is 2. The van der Waals surface area contributed by atoms with Crippen molar-refractivity contribution in [3.05, 3.63) is 17.7 Å². The van der Waals surface area contributed by atoms with Gasteiger partial charge in [0.05, 0.1) is 17.6 Å². The average Bonchev–Trinajstić information content (AvgIpc) is 3.11. The number of aromatic nitrogens is 2. The van der Waals surface area contributed by atoms with Crippen molar-refractivity contribution < 1.29 is 14.3 Å². The van der Waals surface area contributed by atoms with E-state index in [4.69, 9.17) is 4.74 Å². The lowest BCUT2D eigenvalue weighted by atomic mass is 9.78. The Morgan fingerprint density at radius 2 is 2.08 bits per heavy atom. The van der Waals surface area contributed by atoms with Gasteiger partial charge in [-0.1, -0.05) is 0 Å². The number of hydrogen-bond donors (Lipinski definition) is 1. The zero-order valence-electron chi connectivity index (χ0n) is 14.9. The molecule has 1 aromatic rings. The van der Waals surface area contributed by atoms with Crippen LogP contribution < -0.4 is 0 Å². The molecule has 1 aromatic heterocycles. The number of H-pyrrole nitrogens is 1. The molecule has 2 aliphatic rings. The van der Waals surface area contributed by atoms with Crippen molar-refractivity contribution in [3.63, 3.8) is 0 Å². The summed E-state index contributed by atoms with van der Waals surface area (Å²) in [5.74, 6) is 1.05. The summed E-state index contributed by atoms with van der Waals surface area (Å²) in [4.78, 5) is 36.6. The number of imidazole rings is 1. The summed E-state index contributed by atoms with van der Waals surface area (Å²) in [6, 6.07) is 0. The van der Waals surface area contributed by atoms with Crippen LogP contribution in [-0.2, 0) is 26.3 Å². The maximum absolute atomic E-state index is 12.6. The number of methoxy groups -OCH3 is 1. The largest absolute Gasteiger partial charge is 0.375 e. The fraction of sp³-hybridized carbons (Fsp3) is 0.706. The molecule has 0 aromatic carbocycles. The molecule has 1 saturated heterocycles. The van der Waals surface area contributed by atoms with Gasteiger partial charge in [0.2, 0.25) is 11.8 Å². The molecule has 0 aliphatic carbocycles. The lowest BCUT2D eigenvalue weighted by Gasteiger charge is -2.50. The molecule has 2 amide bonds. The summed E-state index contributed by atoms with van der Waals surface area (Å²) >= 11 is 1.69. The number of nitrogens with zero attached hydrogens (tertiary/aromatic N) is 3. The fourth-order valence-electron chi connectivity index (χ4n) is 4.02. The summed E-state index contributed by atoms with van der Waals surface area (Å²) in [7, 11) is 1.54. The predicted molar refractivity (Wildman–Crippen MR) is 96.4 cm³/mol. The Balaban J connectivity index is 1.80. The van der Waals surface area contributed by atoms with Gasteiger partial charge in [-0.3, -0.25) is 9.59 Å². The van der Waals surface area contributed by atoms with Crippen LogP contribution >= 0.6 is 11.8 Å². The molecule has 2 aliphatic heterocycles. The van der Waals surface area contributed by atoms with Crippen LogP contribution in [0.15, 0.2) is 6.33 Å². The molecule has 0 bridgehead atoms. The van der Waals surface area contributed by atoms with Gasteiger partial charge in [0, 0.05) is 51.0 Å². The smallest absolute Gasteiger partial charge is 0.249 e. The lowest BCUT2D eigenvalue weighted by molar-refractivity contribution is -0.147. The molecule has 1 N–H and O–H groups in total. The van der Waals surface area contributed by atoms with E-state index >= 15 is 0 Å². The normalized spacial score (nSPS) is 19.1. The fourth-order valence-corrected chi connectivity index (χ4v) is 4.40.